The van der Waals surface area contributed by atoms with Gasteiger partial charge in [0.25, 0.3) is 5.91 Å². The van der Waals surface area contributed by atoms with Crippen molar-refractivity contribution in [3.8, 4) is 0 Å². The van der Waals surface area contributed by atoms with Gasteiger partial charge in [-0.05, 0) is 31.0 Å². The third-order valence-electron chi connectivity index (χ3n) is 3.91. The lowest BCUT2D eigenvalue weighted by atomic mass is 10.1. The summed E-state index contributed by atoms with van der Waals surface area (Å²) < 4.78 is 4.92. The van der Waals surface area contributed by atoms with E-state index in [9.17, 15) is 14.4 Å². The standard InChI is InChI=1S/C21H24N2O4/c1-15-8-9-18(16(2)12-15)23-20(25)14-27-21(26)11-10-19(24)22-13-17-6-4-3-5-7-17/h3-9,12H,10-11,13-14H2,1-2H3,(H,22,24)(H,23,25). The number of aryl methyl sites for hydroxylation is 2. The summed E-state index contributed by atoms with van der Waals surface area (Å²) in [5, 5.41) is 5.44. The molecule has 2 aromatic rings. The Morgan fingerprint density at radius 2 is 1.67 bits per heavy atom. The maximum absolute atomic E-state index is 11.9. The first-order valence-corrected chi connectivity index (χ1v) is 8.77. The molecule has 0 saturated carbocycles. The zero-order chi connectivity index (χ0) is 19.6. The van der Waals surface area contributed by atoms with E-state index < -0.39 is 11.9 Å². The molecule has 0 fully saturated rings. The number of hydrogen-bond donors (Lipinski definition) is 2. The molecule has 0 radical (unpaired) electrons. The van der Waals surface area contributed by atoms with Crippen molar-refractivity contribution in [3.63, 3.8) is 0 Å². The highest BCUT2D eigenvalue weighted by molar-refractivity contribution is 5.93. The maximum Gasteiger partial charge on any atom is 0.306 e. The van der Waals surface area contributed by atoms with E-state index in [2.05, 4.69) is 10.6 Å². The van der Waals surface area contributed by atoms with Gasteiger partial charge >= 0.3 is 5.97 Å². The second kappa shape index (κ2) is 10.1. The van der Waals surface area contributed by atoms with Crippen molar-refractivity contribution >= 4 is 23.5 Å². The number of hydrogen-bond acceptors (Lipinski definition) is 4. The Balaban J connectivity index is 1.65. The summed E-state index contributed by atoms with van der Waals surface area (Å²) >= 11 is 0. The largest absolute Gasteiger partial charge is 0.456 e. The number of nitrogens with one attached hydrogen (secondary N) is 2. The topological polar surface area (TPSA) is 84.5 Å². The van der Waals surface area contributed by atoms with Gasteiger partial charge in [-0.15, -0.1) is 0 Å². The fraction of sp³-hybridized carbons (Fsp3) is 0.286. The van der Waals surface area contributed by atoms with Crippen LogP contribution in [0.25, 0.3) is 0 Å². The molecule has 0 heterocycles. The SMILES string of the molecule is Cc1ccc(NC(=O)COC(=O)CCC(=O)NCc2ccccc2)c(C)c1. The maximum atomic E-state index is 11.9. The molecule has 0 spiro atoms. The van der Waals surface area contributed by atoms with E-state index in [1.54, 1.807) is 0 Å². The van der Waals surface area contributed by atoms with Crippen molar-refractivity contribution in [2.24, 2.45) is 0 Å². The fourth-order valence-corrected chi connectivity index (χ4v) is 2.46. The zero-order valence-electron chi connectivity index (χ0n) is 15.6. The monoisotopic (exact) mass is 368 g/mol. The summed E-state index contributed by atoms with van der Waals surface area (Å²) in [6.45, 7) is 3.89. The van der Waals surface area contributed by atoms with Crippen LogP contribution in [0.5, 0.6) is 0 Å². The first kappa shape index (κ1) is 20.2. The summed E-state index contributed by atoms with van der Waals surface area (Å²) in [6.07, 6.45) is -0.0538. The minimum atomic E-state index is -0.583. The molecule has 2 amide bonds. The molecule has 6 nitrogen and oxygen atoms in total. The van der Waals surface area contributed by atoms with Crippen molar-refractivity contribution in [2.75, 3.05) is 11.9 Å². The molecule has 2 aromatic carbocycles. The van der Waals surface area contributed by atoms with Crippen LogP contribution in [0.4, 0.5) is 5.69 Å². The highest BCUT2D eigenvalue weighted by Crippen LogP contribution is 2.15. The number of esters is 1. The molecule has 0 aliphatic rings. The van der Waals surface area contributed by atoms with Gasteiger partial charge in [-0.1, -0.05) is 48.0 Å². The lowest BCUT2D eigenvalue weighted by Crippen LogP contribution is -2.25. The van der Waals surface area contributed by atoms with Crippen LogP contribution in [0.2, 0.25) is 0 Å². The minimum Gasteiger partial charge on any atom is -0.456 e. The molecule has 2 rings (SSSR count). The lowest BCUT2D eigenvalue weighted by molar-refractivity contribution is -0.148. The van der Waals surface area contributed by atoms with Gasteiger partial charge in [0, 0.05) is 18.7 Å². The summed E-state index contributed by atoms with van der Waals surface area (Å²) in [6, 6.07) is 15.1. The Morgan fingerprint density at radius 3 is 2.37 bits per heavy atom. The highest BCUT2D eigenvalue weighted by atomic mass is 16.5. The van der Waals surface area contributed by atoms with E-state index in [0.29, 0.717) is 12.2 Å². The summed E-state index contributed by atoms with van der Waals surface area (Å²) in [5.41, 5.74) is 3.70. The zero-order valence-corrected chi connectivity index (χ0v) is 15.6. The third kappa shape index (κ3) is 7.32. The van der Waals surface area contributed by atoms with Crippen LogP contribution in [0.3, 0.4) is 0 Å². The molecule has 0 bridgehead atoms. The summed E-state index contributed by atoms with van der Waals surface area (Å²) in [4.78, 5) is 35.4. The van der Waals surface area contributed by atoms with Crippen LogP contribution in [-0.4, -0.2) is 24.4 Å². The number of rotatable bonds is 8. The second-order valence-corrected chi connectivity index (χ2v) is 6.29. The van der Waals surface area contributed by atoms with Gasteiger partial charge in [-0.3, -0.25) is 14.4 Å². The predicted octanol–water partition coefficient (Wildman–Crippen LogP) is 2.88. The quantitative estimate of drug-likeness (QED) is 0.702. The first-order valence-electron chi connectivity index (χ1n) is 8.77. The Kier molecular flexibility index (Phi) is 7.55. The molecule has 27 heavy (non-hydrogen) atoms. The average Bonchev–Trinajstić information content (AvgIpc) is 2.66. The van der Waals surface area contributed by atoms with Crippen molar-refractivity contribution in [1.82, 2.24) is 5.32 Å². The molecule has 0 atom stereocenters. The van der Waals surface area contributed by atoms with Gasteiger partial charge in [0.15, 0.2) is 6.61 Å². The normalized spacial score (nSPS) is 10.1. The summed E-state index contributed by atoms with van der Waals surface area (Å²) in [5.74, 6) is -1.24. The minimum absolute atomic E-state index is 0.0182. The van der Waals surface area contributed by atoms with Gasteiger partial charge < -0.3 is 15.4 Å². The van der Waals surface area contributed by atoms with Crippen molar-refractivity contribution in [2.45, 2.75) is 33.2 Å². The van der Waals surface area contributed by atoms with E-state index in [1.165, 1.54) is 0 Å². The highest BCUT2D eigenvalue weighted by Gasteiger charge is 2.11. The molecule has 2 N–H and O–H groups in total. The number of benzene rings is 2. The van der Waals surface area contributed by atoms with Crippen LogP contribution in [0, 0.1) is 13.8 Å². The molecular weight excluding hydrogens is 344 g/mol. The molecule has 0 aromatic heterocycles. The number of carbonyl (C=O) groups is 3. The molecule has 142 valence electrons. The third-order valence-corrected chi connectivity index (χ3v) is 3.91. The van der Waals surface area contributed by atoms with Crippen molar-refractivity contribution in [3.05, 3.63) is 65.2 Å². The van der Waals surface area contributed by atoms with Crippen LogP contribution >= 0.6 is 0 Å². The Bertz CT molecular complexity index is 803. The van der Waals surface area contributed by atoms with Crippen LogP contribution in [0.1, 0.15) is 29.5 Å². The smallest absolute Gasteiger partial charge is 0.306 e. The van der Waals surface area contributed by atoms with E-state index in [4.69, 9.17) is 4.74 Å². The van der Waals surface area contributed by atoms with Crippen molar-refractivity contribution in [1.29, 1.82) is 0 Å². The molecule has 0 saturated heterocycles. The fourth-order valence-electron chi connectivity index (χ4n) is 2.46. The number of amides is 2. The molecule has 0 aliphatic carbocycles. The lowest BCUT2D eigenvalue weighted by Gasteiger charge is -2.10. The van der Waals surface area contributed by atoms with Gasteiger partial charge in [-0.2, -0.15) is 0 Å². The number of ether oxygens (including phenoxy) is 1. The Morgan fingerprint density at radius 1 is 0.926 bits per heavy atom. The first-order chi connectivity index (χ1) is 12.9. The molecule has 0 unspecified atom stereocenters. The molecule has 0 aliphatic heterocycles. The van der Waals surface area contributed by atoms with Crippen LogP contribution in [0.15, 0.2) is 48.5 Å². The number of anilines is 1. The van der Waals surface area contributed by atoms with E-state index in [0.717, 1.165) is 16.7 Å². The van der Waals surface area contributed by atoms with E-state index in [-0.39, 0.29) is 25.4 Å². The van der Waals surface area contributed by atoms with Gasteiger partial charge in [0.2, 0.25) is 5.91 Å². The van der Waals surface area contributed by atoms with Crippen LogP contribution < -0.4 is 10.6 Å². The Hall–Kier alpha value is -3.15. The Labute approximate surface area is 158 Å². The molecule has 6 heteroatoms. The van der Waals surface area contributed by atoms with Gasteiger partial charge in [0.1, 0.15) is 0 Å². The van der Waals surface area contributed by atoms with E-state index in [1.807, 2.05) is 62.4 Å². The van der Waals surface area contributed by atoms with E-state index >= 15 is 0 Å². The predicted molar refractivity (Wildman–Crippen MR) is 103 cm³/mol. The second-order valence-electron chi connectivity index (χ2n) is 6.29. The van der Waals surface area contributed by atoms with Gasteiger partial charge in [0.05, 0.1) is 6.42 Å². The van der Waals surface area contributed by atoms with Gasteiger partial charge in [-0.25, -0.2) is 0 Å². The summed E-state index contributed by atoms with van der Waals surface area (Å²) in [7, 11) is 0. The molecular formula is C21H24N2O4. The average molecular weight is 368 g/mol. The van der Waals surface area contributed by atoms with Crippen LogP contribution in [-0.2, 0) is 25.7 Å². The van der Waals surface area contributed by atoms with Crippen molar-refractivity contribution < 1.29 is 19.1 Å². The number of carbonyl (C=O) groups excluding carboxylic acids is 3.